The predicted octanol–water partition coefficient (Wildman–Crippen LogP) is 1.22. The summed E-state index contributed by atoms with van der Waals surface area (Å²) < 4.78 is 10.2. The molecule has 0 saturated carbocycles. The number of rotatable bonds is 4. The molecule has 0 radical (unpaired) electrons. The van der Waals surface area contributed by atoms with E-state index in [4.69, 9.17) is 20.9 Å². The van der Waals surface area contributed by atoms with Gasteiger partial charge in [0.25, 0.3) is 0 Å². The van der Waals surface area contributed by atoms with Gasteiger partial charge in [0.05, 0.1) is 0 Å². The van der Waals surface area contributed by atoms with Gasteiger partial charge in [-0.2, -0.15) is 0 Å². The van der Waals surface area contributed by atoms with Gasteiger partial charge in [0, 0.05) is 30.1 Å². The average Bonchev–Trinajstić information content (AvgIpc) is 2.03. The highest BCUT2D eigenvalue weighted by Gasteiger charge is 1.96. The Hall–Kier alpha value is -1.42. The van der Waals surface area contributed by atoms with E-state index < -0.39 is 0 Å². The molecule has 0 aromatic heterocycles. The minimum Gasteiger partial charge on any atom is -0.467 e. The average molecular weight is 182 g/mol. The molecular formula is C9H14N2O2. The van der Waals surface area contributed by atoms with E-state index in [9.17, 15) is 0 Å². The van der Waals surface area contributed by atoms with E-state index >= 15 is 0 Å². The molecule has 13 heavy (non-hydrogen) atoms. The summed E-state index contributed by atoms with van der Waals surface area (Å²) in [5, 5.41) is 0. The predicted molar refractivity (Wildman–Crippen MR) is 52.4 cm³/mol. The van der Waals surface area contributed by atoms with Crippen LogP contribution in [-0.4, -0.2) is 13.4 Å². The van der Waals surface area contributed by atoms with E-state index in [1.165, 1.54) is 0 Å². The van der Waals surface area contributed by atoms with Crippen LogP contribution in [0.15, 0.2) is 18.2 Å². The molecule has 0 saturated heterocycles. The van der Waals surface area contributed by atoms with Crippen LogP contribution in [0, 0.1) is 0 Å². The first-order valence-corrected chi connectivity index (χ1v) is 4.09. The van der Waals surface area contributed by atoms with Crippen LogP contribution in [-0.2, 0) is 4.74 Å². The highest BCUT2D eigenvalue weighted by molar-refractivity contribution is 5.56. The molecule has 0 atom stereocenters. The zero-order valence-electron chi connectivity index (χ0n) is 7.62. The van der Waals surface area contributed by atoms with Crippen molar-refractivity contribution in [3.05, 3.63) is 18.2 Å². The first-order valence-electron chi connectivity index (χ1n) is 4.09. The second-order valence-electron chi connectivity index (χ2n) is 2.59. The Morgan fingerprint density at radius 2 is 1.77 bits per heavy atom. The molecule has 0 heterocycles. The van der Waals surface area contributed by atoms with Crippen LogP contribution in [0.4, 0.5) is 11.4 Å². The van der Waals surface area contributed by atoms with Gasteiger partial charge in [0.15, 0.2) is 6.79 Å². The van der Waals surface area contributed by atoms with Crippen molar-refractivity contribution in [3.63, 3.8) is 0 Å². The molecule has 0 aliphatic heterocycles. The summed E-state index contributed by atoms with van der Waals surface area (Å²) in [5.74, 6) is 0.631. The fourth-order valence-corrected chi connectivity index (χ4v) is 0.922. The van der Waals surface area contributed by atoms with E-state index in [0.29, 0.717) is 23.7 Å². The topological polar surface area (TPSA) is 70.5 Å². The van der Waals surface area contributed by atoms with Gasteiger partial charge in [-0.1, -0.05) is 0 Å². The first kappa shape index (κ1) is 9.67. The maximum absolute atomic E-state index is 5.56. The molecule has 0 fully saturated rings. The molecule has 1 aromatic carbocycles. The van der Waals surface area contributed by atoms with Gasteiger partial charge >= 0.3 is 0 Å². The molecule has 72 valence electrons. The Balaban J connectivity index is 2.56. The first-order chi connectivity index (χ1) is 6.22. The summed E-state index contributed by atoms with van der Waals surface area (Å²) in [6.07, 6.45) is 0. The zero-order chi connectivity index (χ0) is 9.68. The van der Waals surface area contributed by atoms with Crippen molar-refractivity contribution in [2.45, 2.75) is 6.92 Å². The lowest BCUT2D eigenvalue weighted by Gasteiger charge is -2.07. The van der Waals surface area contributed by atoms with Gasteiger partial charge in [-0.15, -0.1) is 0 Å². The Kier molecular flexibility index (Phi) is 3.40. The number of nitrogens with two attached hydrogens (primary N) is 2. The molecule has 1 rings (SSSR count). The number of ether oxygens (including phenoxy) is 2. The van der Waals surface area contributed by atoms with Gasteiger partial charge in [-0.3, -0.25) is 0 Å². The molecule has 0 amide bonds. The molecule has 4 nitrogen and oxygen atoms in total. The molecule has 0 spiro atoms. The molecule has 0 aliphatic rings. The van der Waals surface area contributed by atoms with E-state index in [1.807, 2.05) is 6.92 Å². The molecule has 0 unspecified atom stereocenters. The Morgan fingerprint density at radius 3 is 2.31 bits per heavy atom. The SMILES string of the molecule is CCOCOc1cc(N)cc(N)c1. The van der Waals surface area contributed by atoms with Gasteiger partial charge in [-0.05, 0) is 13.0 Å². The van der Waals surface area contributed by atoms with Gasteiger partial charge in [0.2, 0.25) is 0 Å². The summed E-state index contributed by atoms with van der Waals surface area (Å²) in [6, 6.07) is 5.08. The summed E-state index contributed by atoms with van der Waals surface area (Å²) in [7, 11) is 0. The van der Waals surface area contributed by atoms with Crippen LogP contribution in [0.5, 0.6) is 5.75 Å². The number of anilines is 2. The Bertz CT molecular complexity index is 256. The van der Waals surface area contributed by atoms with Crippen molar-refractivity contribution in [1.29, 1.82) is 0 Å². The minimum atomic E-state index is 0.222. The maximum atomic E-state index is 5.56. The van der Waals surface area contributed by atoms with Crippen LogP contribution in [0.3, 0.4) is 0 Å². The molecule has 4 N–H and O–H groups in total. The summed E-state index contributed by atoms with van der Waals surface area (Å²) in [5.41, 5.74) is 12.3. The summed E-state index contributed by atoms with van der Waals surface area (Å²) >= 11 is 0. The van der Waals surface area contributed by atoms with Crippen LogP contribution >= 0.6 is 0 Å². The van der Waals surface area contributed by atoms with Crippen molar-refractivity contribution in [1.82, 2.24) is 0 Å². The quantitative estimate of drug-likeness (QED) is 0.417. The number of hydrogen-bond acceptors (Lipinski definition) is 4. The smallest absolute Gasteiger partial charge is 0.189 e. The van der Waals surface area contributed by atoms with Crippen molar-refractivity contribution >= 4 is 11.4 Å². The maximum Gasteiger partial charge on any atom is 0.189 e. The van der Waals surface area contributed by atoms with Gasteiger partial charge in [-0.25, -0.2) is 0 Å². The lowest BCUT2D eigenvalue weighted by Crippen LogP contribution is -2.03. The van der Waals surface area contributed by atoms with Gasteiger partial charge in [0.1, 0.15) is 5.75 Å². The second kappa shape index (κ2) is 4.57. The molecule has 1 aromatic rings. The van der Waals surface area contributed by atoms with Crippen molar-refractivity contribution in [3.8, 4) is 5.75 Å². The van der Waals surface area contributed by atoms with Crippen LogP contribution < -0.4 is 16.2 Å². The third kappa shape index (κ3) is 3.21. The summed E-state index contributed by atoms with van der Waals surface area (Å²) in [6.45, 7) is 2.74. The van der Waals surface area contributed by atoms with E-state index in [2.05, 4.69) is 0 Å². The Morgan fingerprint density at radius 1 is 1.15 bits per heavy atom. The van der Waals surface area contributed by atoms with Crippen molar-refractivity contribution < 1.29 is 9.47 Å². The normalized spacial score (nSPS) is 9.92. The van der Waals surface area contributed by atoms with Crippen molar-refractivity contribution in [2.24, 2.45) is 0 Å². The third-order valence-electron chi connectivity index (χ3n) is 1.46. The molecule has 0 aliphatic carbocycles. The van der Waals surface area contributed by atoms with Crippen molar-refractivity contribution in [2.75, 3.05) is 24.9 Å². The fraction of sp³-hybridized carbons (Fsp3) is 0.333. The summed E-state index contributed by atoms with van der Waals surface area (Å²) in [4.78, 5) is 0. The second-order valence-corrected chi connectivity index (χ2v) is 2.59. The third-order valence-corrected chi connectivity index (χ3v) is 1.46. The lowest BCUT2D eigenvalue weighted by molar-refractivity contribution is 0.0225. The van der Waals surface area contributed by atoms with E-state index in [1.54, 1.807) is 18.2 Å². The highest BCUT2D eigenvalue weighted by Crippen LogP contribution is 2.19. The number of benzene rings is 1. The van der Waals surface area contributed by atoms with Gasteiger partial charge < -0.3 is 20.9 Å². The number of hydrogen-bond donors (Lipinski definition) is 2. The minimum absolute atomic E-state index is 0.222. The fourth-order valence-electron chi connectivity index (χ4n) is 0.922. The van der Waals surface area contributed by atoms with Crippen LogP contribution in [0.1, 0.15) is 6.92 Å². The zero-order valence-corrected chi connectivity index (χ0v) is 7.62. The number of nitrogen functional groups attached to an aromatic ring is 2. The van der Waals surface area contributed by atoms with Crippen LogP contribution in [0.2, 0.25) is 0 Å². The Labute approximate surface area is 77.4 Å². The van der Waals surface area contributed by atoms with E-state index in [0.717, 1.165) is 0 Å². The lowest BCUT2D eigenvalue weighted by atomic mass is 10.3. The monoisotopic (exact) mass is 182 g/mol. The van der Waals surface area contributed by atoms with E-state index in [-0.39, 0.29) is 6.79 Å². The van der Waals surface area contributed by atoms with Crippen LogP contribution in [0.25, 0.3) is 0 Å². The standard InChI is InChI=1S/C9H14N2O2/c1-2-12-6-13-9-4-7(10)3-8(11)5-9/h3-5H,2,6,10-11H2,1H3. The molecule has 4 heteroatoms. The molecule has 0 bridgehead atoms. The highest BCUT2D eigenvalue weighted by atomic mass is 16.7. The largest absolute Gasteiger partial charge is 0.467 e. The molecular weight excluding hydrogens is 168 g/mol.